The SMILES string of the molecule is C[Si](C)(C)c1cccc(C=NCc2ccccc2)c1O.[Cl][Zr][Cl]. The summed E-state index contributed by atoms with van der Waals surface area (Å²) in [6, 6.07) is 16.0. The van der Waals surface area contributed by atoms with Gasteiger partial charge in [0, 0.05) is 11.8 Å². The molecule has 0 heterocycles. The average Bonchev–Trinajstić information content (AvgIpc) is 2.50. The maximum atomic E-state index is 10.4. The van der Waals surface area contributed by atoms with Crippen molar-refractivity contribution >= 4 is 36.5 Å². The predicted octanol–water partition coefficient (Wildman–Crippen LogP) is 4.93. The molecule has 0 saturated heterocycles. The molecule has 0 unspecified atom stereocenters. The number of aromatic hydroxyl groups is 1. The van der Waals surface area contributed by atoms with Gasteiger partial charge in [-0.3, -0.25) is 4.99 Å². The maximum absolute atomic E-state index is 10.4. The van der Waals surface area contributed by atoms with E-state index in [0.29, 0.717) is 12.3 Å². The van der Waals surface area contributed by atoms with E-state index < -0.39 is 28.9 Å². The van der Waals surface area contributed by atoms with Crippen molar-refractivity contribution in [1.29, 1.82) is 0 Å². The van der Waals surface area contributed by atoms with Crippen molar-refractivity contribution in [3.05, 3.63) is 59.7 Å². The molecule has 0 saturated carbocycles. The van der Waals surface area contributed by atoms with Crippen molar-refractivity contribution < 1.29 is 26.0 Å². The number of hydrogen-bond acceptors (Lipinski definition) is 2. The molecule has 6 heteroatoms. The molecular formula is C17H21Cl2NOSiZr. The molecule has 2 aromatic carbocycles. The van der Waals surface area contributed by atoms with E-state index in [4.69, 9.17) is 17.0 Å². The number of para-hydroxylation sites is 1. The molecule has 1 N–H and O–H groups in total. The summed E-state index contributed by atoms with van der Waals surface area (Å²) in [5.41, 5.74) is 1.98. The van der Waals surface area contributed by atoms with Gasteiger partial charge in [-0.05, 0) is 16.8 Å². The van der Waals surface area contributed by atoms with Crippen LogP contribution < -0.4 is 5.19 Å². The zero-order chi connectivity index (χ0) is 17.3. The van der Waals surface area contributed by atoms with Gasteiger partial charge in [0.1, 0.15) is 5.75 Å². The summed E-state index contributed by atoms with van der Waals surface area (Å²) in [6.07, 6.45) is 1.77. The molecule has 0 radical (unpaired) electrons. The van der Waals surface area contributed by atoms with Gasteiger partial charge in [0.2, 0.25) is 0 Å². The number of phenols is 1. The van der Waals surface area contributed by atoms with Gasteiger partial charge in [0.25, 0.3) is 0 Å². The van der Waals surface area contributed by atoms with Crippen LogP contribution in [0.3, 0.4) is 0 Å². The number of halogens is 2. The molecule has 0 atom stereocenters. The van der Waals surface area contributed by atoms with E-state index in [9.17, 15) is 5.11 Å². The third-order valence-corrected chi connectivity index (χ3v) is 5.24. The first-order valence-corrected chi connectivity index (χ1v) is 17.1. The minimum absolute atomic E-state index is 0.392. The van der Waals surface area contributed by atoms with Crippen LogP contribution in [0, 0.1) is 0 Å². The number of rotatable bonds is 4. The predicted molar refractivity (Wildman–Crippen MR) is 101 cm³/mol. The van der Waals surface area contributed by atoms with Crippen LogP contribution in [-0.4, -0.2) is 19.4 Å². The minimum atomic E-state index is -1.52. The number of nitrogens with zero attached hydrogens (tertiary/aromatic N) is 1. The van der Waals surface area contributed by atoms with E-state index in [0.717, 1.165) is 10.8 Å². The van der Waals surface area contributed by atoms with Crippen LogP contribution in [-0.2, 0) is 27.4 Å². The Labute approximate surface area is 158 Å². The molecule has 0 aliphatic heterocycles. The van der Waals surface area contributed by atoms with E-state index in [1.165, 1.54) is 5.56 Å². The van der Waals surface area contributed by atoms with Gasteiger partial charge < -0.3 is 5.11 Å². The van der Waals surface area contributed by atoms with Gasteiger partial charge in [-0.2, -0.15) is 0 Å². The van der Waals surface area contributed by atoms with E-state index >= 15 is 0 Å². The molecule has 0 aliphatic rings. The second kappa shape index (κ2) is 10.5. The fourth-order valence-corrected chi connectivity index (χ4v) is 3.55. The number of benzene rings is 2. The molecule has 122 valence electrons. The topological polar surface area (TPSA) is 32.6 Å². The van der Waals surface area contributed by atoms with Gasteiger partial charge in [0.05, 0.1) is 14.6 Å². The van der Waals surface area contributed by atoms with Crippen molar-refractivity contribution in [2.45, 2.75) is 26.2 Å². The number of hydrogen-bond donors (Lipinski definition) is 1. The normalized spacial score (nSPS) is 11.0. The fraction of sp³-hybridized carbons (Fsp3) is 0.235. The van der Waals surface area contributed by atoms with Crippen molar-refractivity contribution in [1.82, 2.24) is 0 Å². The first-order chi connectivity index (χ1) is 10.9. The molecule has 0 aromatic heterocycles. The Balaban J connectivity index is 0.000000816. The Morgan fingerprint density at radius 2 is 1.65 bits per heavy atom. The van der Waals surface area contributed by atoms with Crippen LogP contribution in [0.1, 0.15) is 11.1 Å². The van der Waals surface area contributed by atoms with E-state index in [1.54, 1.807) is 6.21 Å². The Bertz CT molecular complexity index is 630. The van der Waals surface area contributed by atoms with Crippen LogP contribution in [0.25, 0.3) is 0 Å². The summed E-state index contributed by atoms with van der Waals surface area (Å²) in [5, 5.41) is 11.4. The zero-order valence-corrected chi connectivity index (χ0v) is 18.5. The van der Waals surface area contributed by atoms with Gasteiger partial charge in [-0.15, -0.1) is 0 Å². The van der Waals surface area contributed by atoms with Crippen LogP contribution in [0.2, 0.25) is 19.6 Å². The summed E-state index contributed by atoms with van der Waals surface area (Å²) in [6.45, 7) is 7.32. The van der Waals surface area contributed by atoms with Gasteiger partial charge in [-0.1, -0.05) is 62.1 Å². The molecular weight excluding hydrogens is 424 g/mol. The molecule has 23 heavy (non-hydrogen) atoms. The van der Waals surface area contributed by atoms with E-state index in [-0.39, 0.29) is 0 Å². The molecule has 0 aliphatic carbocycles. The van der Waals surface area contributed by atoms with Crippen molar-refractivity contribution in [2.75, 3.05) is 0 Å². The first-order valence-electron chi connectivity index (χ1n) is 7.22. The second-order valence-corrected chi connectivity index (χ2v) is 14.8. The Morgan fingerprint density at radius 1 is 1.04 bits per heavy atom. The van der Waals surface area contributed by atoms with Crippen LogP contribution in [0.5, 0.6) is 5.75 Å². The van der Waals surface area contributed by atoms with Crippen LogP contribution >= 0.6 is 17.0 Å². The first kappa shape index (κ1) is 20.6. The molecule has 0 fully saturated rings. The summed E-state index contributed by atoms with van der Waals surface area (Å²) >= 11 is -0.826. The van der Waals surface area contributed by atoms with Crippen LogP contribution in [0.15, 0.2) is 53.5 Å². The van der Waals surface area contributed by atoms with Gasteiger partial charge in [-0.25, -0.2) is 0 Å². The Kier molecular flexibility index (Phi) is 9.38. The standard InChI is InChI=1S/C17H21NOSi.2ClH.Zr/c1-20(2,3)16-11-7-10-15(17(16)19)13-18-12-14-8-5-4-6-9-14;;;/h4-11,13,19H,12H2,1-3H3;2*1H;/q;;;+2/p-2. The average molecular weight is 446 g/mol. The Morgan fingerprint density at radius 3 is 2.22 bits per heavy atom. The molecule has 2 aromatic rings. The molecule has 2 nitrogen and oxygen atoms in total. The number of aliphatic imine (C=N–C) groups is 1. The van der Waals surface area contributed by atoms with Gasteiger partial charge in [0.15, 0.2) is 0 Å². The summed E-state index contributed by atoms with van der Waals surface area (Å²) in [4.78, 5) is 4.43. The third-order valence-electron chi connectivity index (χ3n) is 3.22. The summed E-state index contributed by atoms with van der Waals surface area (Å²) in [5.74, 6) is 0.392. The quantitative estimate of drug-likeness (QED) is 0.525. The zero-order valence-electron chi connectivity index (χ0n) is 13.6. The number of phenolic OH excluding ortho intramolecular Hbond substituents is 1. The molecule has 2 rings (SSSR count). The monoisotopic (exact) mass is 443 g/mol. The fourth-order valence-electron chi connectivity index (χ4n) is 2.10. The van der Waals surface area contributed by atoms with Crippen LogP contribution in [0.4, 0.5) is 0 Å². The van der Waals surface area contributed by atoms with Crippen molar-refractivity contribution in [3.8, 4) is 5.75 Å². The third kappa shape index (κ3) is 7.34. The van der Waals surface area contributed by atoms with Crippen molar-refractivity contribution in [2.24, 2.45) is 4.99 Å². The van der Waals surface area contributed by atoms with Gasteiger partial charge >= 0.3 is 37.9 Å². The summed E-state index contributed by atoms with van der Waals surface area (Å²) in [7, 11) is 8.34. The molecule has 0 bridgehead atoms. The van der Waals surface area contributed by atoms with E-state index in [1.807, 2.05) is 36.4 Å². The Hall–Kier alpha value is -0.410. The van der Waals surface area contributed by atoms with Crippen molar-refractivity contribution in [3.63, 3.8) is 0 Å². The van der Waals surface area contributed by atoms with E-state index in [2.05, 4.69) is 36.8 Å². The molecule has 0 amide bonds. The summed E-state index contributed by atoms with van der Waals surface area (Å²) < 4.78 is 0. The second-order valence-electron chi connectivity index (χ2n) is 6.02. The molecule has 0 spiro atoms.